The Morgan fingerprint density at radius 3 is 2.75 bits per heavy atom. The number of rotatable bonds is 3. The Balaban J connectivity index is 3.15. The fourth-order valence-electron chi connectivity index (χ4n) is 1.18. The number of carbonyl (C=O) groups excluding carboxylic acids is 1. The van der Waals surface area contributed by atoms with Gasteiger partial charge in [-0.1, -0.05) is 13.8 Å². The van der Waals surface area contributed by atoms with Crippen LogP contribution < -0.4 is 5.56 Å². The number of aromatic nitrogens is 2. The number of ether oxygens (including phenoxy) is 1. The maximum Gasteiger partial charge on any atom is 0.327 e. The van der Waals surface area contributed by atoms with Crippen LogP contribution in [-0.2, 0) is 16.1 Å². The summed E-state index contributed by atoms with van der Waals surface area (Å²) in [6.45, 7) is 3.75. The smallest absolute Gasteiger partial charge is 0.327 e. The summed E-state index contributed by atoms with van der Waals surface area (Å²) in [6, 6.07) is 1.41. The molecule has 0 aliphatic heterocycles. The van der Waals surface area contributed by atoms with Crippen LogP contribution in [0.2, 0.25) is 0 Å². The molecule has 1 heterocycles. The molecule has 16 heavy (non-hydrogen) atoms. The normalized spacial score (nSPS) is 10.6. The van der Waals surface area contributed by atoms with Gasteiger partial charge in [0, 0.05) is 10.5 Å². The van der Waals surface area contributed by atoms with Crippen LogP contribution in [0.25, 0.3) is 0 Å². The van der Waals surface area contributed by atoms with Gasteiger partial charge < -0.3 is 4.74 Å². The molecule has 0 spiro atoms. The van der Waals surface area contributed by atoms with E-state index >= 15 is 0 Å². The first-order valence-corrected chi connectivity index (χ1v) is 5.59. The Bertz CT molecular complexity index is 454. The highest BCUT2D eigenvalue weighted by Crippen LogP contribution is 2.19. The zero-order chi connectivity index (χ0) is 12.3. The lowest BCUT2D eigenvalue weighted by molar-refractivity contribution is -0.141. The fraction of sp³-hybridized carbons (Fsp3) is 0.500. The SMILES string of the molecule is COC(=O)Cn1nc(C(C)C)c(Br)cc1=O. The van der Waals surface area contributed by atoms with Crippen LogP contribution in [0.4, 0.5) is 0 Å². The average molecular weight is 289 g/mol. The molecule has 0 aliphatic carbocycles. The molecule has 0 saturated heterocycles. The third-order valence-corrected chi connectivity index (χ3v) is 2.67. The summed E-state index contributed by atoms with van der Waals surface area (Å²) in [7, 11) is 1.27. The zero-order valence-electron chi connectivity index (χ0n) is 9.36. The molecule has 0 aliphatic rings. The Labute approximate surface area is 102 Å². The molecule has 0 radical (unpaired) electrons. The van der Waals surface area contributed by atoms with Crippen molar-refractivity contribution >= 4 is 21.9 Å². The number of nitrogens with zero attached hydrogens (tertiary/aromatic N) is 2. The van der Waals surface area contributed by atoms with Crippen LogP contribution in [0.1, 0.15) is 25.5 Å². The van der Waals surface area contributed by atoms with Crippen molar-refractivity contribution in [2.45, 2.75) is 26.3 Å². The van der Waals surface area contributed by atoms with Gasteiger partial charge in [0.2, 0.25) is 0 Å². The van der Waals surface area contributed by atoms with Crippen molar-refractivity contribution in [3.8, 4) is 0 Å². The molecule has 0 bridgehead atoms. The Morgan fingerprint density at radius 1 is 1.62 bits per heavy atom. The topological polar surface area (TPSA) is 61.2 Å². The van der Waals surface area contributed by atoms with Gasteiger partial charge in [-0.25, -0.2) is 4.68 Å². The van der Waals surface area contributed by atoms with Crippen LogP contribution in [0.15, 0.2) is 15.3 Å². The van der Waals surface area contributed by atoms with Gasteiger partial charge in [-0.2, -0.15) is 5.10 Å². The van der Waals surface area contributed by atoms with Crippen LogP contribution >= 0.6 is 15.9 Å². The molecule has 6 heteroatoms. The fourth-order valence-corrected chi connectivity index (χ4v) is 1.91. The first kappa shape index (κ1) is 12.9. The number of methoxy groups -OCH3 is 1. The van der Waals surface area contributed by atoms with Crippen molar-refractivity contribution in [2.75, 3.05) is 7.11 Å². The van der Waals surface area contributed by atoms with Crippen molar-refractivity contribution in [1.29, 1.82) is 0 Å². The quantitative estimate of drug-likeness (QED) is 0.787. The molecule has 0 amide bonds. The number of esters is 1. The van der Waals surface area contributed by atoms with Gasteiger partial charge in [0.15, 0.2) is 0 Å². The van der Waals surface area contributed by atoms with Crippen LogP contribution in [0, 0.1) is 0 Å². The molecule has 5 nitrogen and oxygen atoms in total. The maximum atomic E-state index is 11.5. The lowest BCUT2D eigenvalue weighted by Crippen LogP contribution is -2.28. The molecule has 0 unspecified atom stereocenters. The maximum absolute atomic E-state index is 11.5. The Kier molecular flexibility index (Phi) is 4.23. The second kappa shape index (κ2) is 5.25. The molecule has 1 aromatic rings. The zero-order valence-corrected chi connectivity index (χ0v) is 10.9. The molecule has 0 fully saturated rings. The lowest BCUT2D eigenvalue weighted by atomic mass is 10.1. The Hall–Kier alpha value is -1.17. The van der Waals surface area contributed by atoms with E-state index in [0.717, 1.165) is 10.4 Å². The largest absolute Gasteiger partial charge is 0.468 e. The van der Waals surface area contributed by atoms with Crippen molar-refractivity contribution in [1.82, 2.24) is 9.78 Å². The molecule has 0 N–H and O–H groups in total. The molecular weight excluding hydrogens is 276 g/mol. The van der Waals surface area contributed by atoms with E-state index in [2.05, 4.69) is 25.8 Å². The third kappa shape index (κ3) is 2.91. The average Bonchev–Trinajstić information content (AvgIpc) is 2.21. The molecule has 88 valence electrons. The van der Waals surface area contributed by atoms with Gasteiger partial charge in [-0.15, -0.1) is 0 Å². The number of halogens is 1. The van der Waals surface area contributed by atoms with E-state index in [-0.39, 0.29) is 18.0 Å². The van der Waals surface area contributed by atoms with E-state index in [9.17, 15) is 9.59 Å². The third-order valence-electron chi connectivity index (χ3n) is 2.03. The summed E-state index contributed by atoms with van der Waals surface area (Å²) in [5, 5.41) is 4.12. The van der Waals surface area contributed by atoms with E-state index in [1.54, 1.807) is 0 Å². The highest BCUT2D eigenvalue weighted by atomic mass is 79.9. The summed E-state index contributed by atoms with van der Waals surface area (Å²) in [6.07, 6.45) is 0. The monoisotopic (exact) mass is 288 g/mol. The van der Waals surface area contributed by atoms with Gasteiger partial charge in [0.1, 0.15) is 6.54 Å². The first-order valence-electron chi connectivity index (χ1n) is 4.80. The van der Waals surface area contributed by atoms with Gasteiger partial charge in [0.25, 0.3) is 5.56 Å². The summed E-state index contributed by atoms with van der Waals surface area (Å²) in [5.74, 6) is -0.328. The Morgan fingerprint density at radius 2 is 2.25 bits per heavy atom. The first-order chi connectivity index (χ1) is 7.45. The summed E-state index contributed by atoms with van der Waals surface area (Å²) in [5.41, 5.74) is 0.408. The highest BCUT2D eigenvalue weighted by molar-refractivity contribution is 9.10. The highest BCUT2D eigenvalue weighted by Gasteiger charge is 2.12. The minimum absolute atomic E-state index is 0.164. The lowest BCUT2D eigenvalue weighted by Gasteiger charge is -2.10. The summed E-state index contributed by atoms with van der Waals surface area (Å²) in [4.78, 5) is 22.6. The van der Waals surface area contributed by atoms with Crippen molar-refractivity contribution in [3.63, 3.8) is 0 Å². The van der Waals surface area contributed by atoms with Gasteiger partial charge >= 0.3 is 5.97 Å². The van der Waals surface area contributed by atoms with E-state index in [0.29, 0.717) is 4.47 Å². The van der Waals surface area contributed by atoms with Crippen molar-refractivity contribution < 1.29 is 9.53 Å². The number of carbonyl (C=O) groups is 1. The molecule has 1 rings (SSSR count). The molecule has 0 atom stereocenters. The predicted molar refractivity (Wildman–Crippen MR) is 62.3 cm³/mol. The van der Waals surface area contributed by atoms with E-state index < -0.39 is 5.97 Å². The van der Waals surface area contributed by atoms with Crippen molar-refractivity contribution in [2.24, 2.45) is 0 Å². The predicted octanol–water partition coefficient (Wildman–Crippen LogP) is 1.30. The standard InChI is InChI=1S/C10H13BrN2O3/c1-6(2)10-7(11)4-8(14)13(12-10)5-9(15)16-3/h4,6H,5H2,1-3H3. The number of hydrogen-bond donors (Lipinski definition) is 0. The van der Waals surface area contributed by atoms with E-state index in [1.807, 2.05) is 13.8 Å². The van der Waals surface area contributed by atoms with Crippen molar-refractivity contribution in [3.05, 3.63) is 26.6 Å². The van der Waals surface area contributed by atoms with E-state index in [4.69, 9.17) is 0 Å². The molecule has 0 aromatic carbocycles. The summed E-state index contributed by atoms with van der Waals surface area (Å²) >= 11 is 3.27. The van der Waals surface area contributed by atoms with Crippen LogP contribution in [0.5, 0.6) is 0 Å². The van der Waals surface area contributed by atoms with Gasteiger partial charge in [-0.3, -0.25) is 9.59 Å². The second-order valence-electron chi connectivity index (χ2n) is 3.60. The second-order valence-corrected chi connectivity index (χ2v) is 4.46. The summed E-state index contributed by atoms with van der Waals surface area (Å²) < 4.78 is 6.25. The van der Waals surface area contributed by atoms with Crippen LogP contribution in [-0.4, -0.2) is 22.9 Å². The molecular formula is C10H13BrN2O3. The molecule has 0 saturated carbocycles. The van der Waals surface area contributed by atoms with Gasteiger partial charge in [0.05, 0.1) is 12.8 Å². The minimum Gasteiger partial charge on any atom is -0.468 e. The van der Waals surface area contributed by atoms with Gasteiger partial charge in [-0.05, 0) is 21.8 Å². The van der Waals surface area contributed by atoms with E-state index in [1.165, 1.54) is 13.2 Å². The minimum atomic E-state index is -0.494. The van der Waals surface area contributed by atoms with Crippen LogP contribution in [0.3, 0.4) is 0 Å². The number of hydrogen-bond acceptors (Lipinski definition) is 4. The molecule has 1 aromatic heterocycles.